The van der Waals surface area contributed by atoms with Gasteiger partial charge in [0.25, 0.3) is 5.91 Å². The van der Waals surface area contributed by atoms with E-state index in [0.717, 1.165) is 11.6 Å². The highest BCUT2D eigenvalue weighted by Gasteiger charge is 2.15. The lowest BCUT2D eigenvalue weighted by molar-refractivity contribution is -0.121. The van der Waals surface area contributed by atoms with Crippen molar-refractivity contribution in [3.8, 4) is 5.75 Å². The van der Waals surface area contributed by atoms with Crippen molar-refractivity contribution in [2.75, 3.05) is 11.9 Å². The van der Waals surface area contributed by atoms with Crippen LogP contribution in [0.5, 0.6) is 5.75 Å². The number of nitrogens with zero attached hydrogens (tertiary/aromatic N) is 1. The smallest absolute Gasteiger partial charge is 0.251 e. The standard InChI is InChI=1S/C23H18F3N3O3/c24-18-7-8-19(25)22(26)17(18)12-32-15-6-9-20-16(10-15)23(29-28-20)27-21(30)13-31-11-14-4-2-1-3-5-14/h1-10H,11-13H2,(H2,27,28,29,30). The molecule has 0 aliphatic rings. The number of anilines is 1. The van der Waals surface area contributed by atoms with Crippen LogP contribution in [0, 0.1) is 17.5 Å². The minimum absolute atomic E-state index is 0.169. The summed E-state index contributed by atoms with van der Waals surface area (Å²) in [6.07, 6.45) is 0. The summed E-state index contributed by atoms with van der Waals surface area (Å²) in [6.45, 7) is -0.383. The van der Waals surface area contributed by atoms with Gasteiger partial charge in [0.2, 0.25) is 0 Å². The van der Waals surface area contributed by atoms with Gasteiger partial charge in [-0.15, -0.1) is 0 Å². The number of aromatic nitrogens is 2. The minimum atomic E-state index is -1.29. The van der Waals surface area contributed by atoms with E-state index >= 15 is 0 Å². The topological polar surface area (TPSA) is 76.2 Å². The van der Waals surface area contributed by atoms with Crippen LogP contribution in [0.2, 0.25) is 0 Å². The van der Waals surface area contributed by atoms with Gasteiger partial charge in [0.15, 0.2) is 17.5 Å². The molecule has 0 atom stereocenters. The maximum atomic E-state index is 13.8. The van der Waals surface area contributed by atoms with Crippen LogP contribution in [0.15, 0.2) is 60.7 Å². The average Bonchev–Trinajstić information content (AvgIpc) is 3.19. The van der Waals surface area contributed by atoms with Crippen LogP contribution in [0.1, 0.15) is 11.1 Å². The summed E-state index contributed by atoms with van der Waals surface area (Å²) < 4.78 is 51.8. The fourth-order valence-electron chi connectivity index (χ4n) is 3.04. The second kappa shape index (κ2) is 9.52. The number of hydrogen-bond acceptors (Lipinski definition) is 4. The van der Waals surface area contributed by atoms with Crippen molar-refractivity contribution >= 4 is 22.6 Å². The summed E-state index contributed by atoms with van der Waals surface area (Å²) in [5.41, 5.74) is 1.04. The predicted octanol–water partition coefficient (Wildman–Crippen LogP) is 4.71. The first kappa shape index (κ1) is 21.4. The van der Waals surface area contributed by atoms with Gasteiger partial charge in [-0.1, -0.05) is 30.3 Å². The van der Waals surface area contributed by atoms with Crippen molar-refractivity contribution in [1.82, 2.24) is 10.2 Å². The number of hydrogen-bond donors (Lipinski definition) is 2. The lowest BCUT2D eigenvalue weighted by atomic mass is 10.2. The zero-order chi connectivity index (χ0) is 22.5. The summed E-state index contributed by atoms with van der Waals surface area (Å²) in [5.74, 6) is -3.24. The number of ether oxygens (including phenoxy) is 2. The molecule has 0 unspecified atom stereocenters. The van der Waals surface area contributed by atoms with Crippen molar-refractivity contribution in [2.45, 2.75) is 13.2 Å². The van der Waals surface area contributed by atoms with E-state index in [9.17, 15) is 18.0 Å². The van der Waals surface area contributed by atoms with E-state index < -0.39 is 35.5 Å². The van der Waals surface area contributed by atoms with Crippen LogP contribution >= 0.6 is 0 Å². The lowest BCUT2D eigenvalue weighted by Crippen LogP contribution is -2.18. The number of amides is 1. The Labute approximate surface area is 181 Å². The van der Waals surface area contributed by atoms with Crippen LogP contribution in [0.3, 0.4) is 0 Å². The Balaban J connectivity index is 1.40. The molecule has 0 spiro atoms. The molecule has 9 heteroatoms. The fraction of sp³-hybridized carbons (Fsp3) is 0.130. The minimum Gasteiger partial charge on any atom is -0.489 e. The van der Waals surface area contributed by atoms with Gasteiger partial charge in [-0.3, -0.25) is 9.89 Å². The second-order valence-electron chi connectivity index (χ2n) is 6.92. The number of H-pyrrole nitrogens is 1. The van der Waals surface area contributed by atoms with E-state index in [4.69, 9.17) is 9.47 Å². The van der Waals surface area contributed by atoms with Gasteiger partial charge < -0.3 is 14.8 Å². The number of carbonyl (C=O) groups is 1. The third-order valence-corrected chi connectivity index (χ3v) is 4.66. The maximum Gasteiger partial charge on any atom is 0.251 e. The third kappa shape index (κ3) is 4.89. The maximum absolute atomic E-state index is 13.8. The van der Waals surface area contributed by atoms with Crippen molar-refractivity contribution in [1.29, 1.82) is 0 Å². The molecule has 0 aliphatic heterocycles. The van der Waals surface area contributed by atoms with E-state index in [0.29, 0.717) is 23.6 Å². The van der Waals surface area contributed by atoms with Crippen LogP contribution in [-0.4, -0.2) is 22.7 Å². The van der Waals surface area contributed by atoms with E-state index in [2.05, 4.69) is 15.5 Å². The van der Waals surface area contributed by atoms with E-state index in [-0.39, 0.29) is 18.2 Å². The first-order chi connectivity index (χ1) is 15.5. The van der Waals surface area contributed by atoms with Gasteiger partial charge in [-0.25, -0.2) is 13.2 Å². The summed E-state index contributed by atoms with van der Waals surface area (Å²) in [6, 6.07) is 15.7. The molecule has 2 N–H and O–H groups in total. The zero-order valence-corrected chi connectivity index (χ0v) is 16.7. The molecule has 1 aromatic heterocycles. The van der Waals surface area contributed by atoms with Gasteiger partial charge in [0.05, 0.1) is 17.7 Å². The molecular formula is C23H18F3N3O3. The molecule has 3 aromatic carbocycles. The molecule has 164 valence electrons. The van der Waals surface area contributed by atoms with Crippen LogP contribution in [0.25, 0.3) is 10.9 Å². The summed E-state index contributed by atoms with van der Waals surface area (Å²) in [5, 5.41) is 10.0. The quantitative estimate of drug-likeness (QED) is 0.388. The SMILES string of the molecule is O=C(COCc1ccccc1)Nc1n[nH]c2ccc(OCc3c(F)ccc(F)c3F)cc12. The van der Waals surface area contributed by atoms with Gasteiger partial charge in [-0.2, -0.15) is 5.10 Å². The Morgan fingerprint density at radius 3 is 2.56 bits per heavy atom. The zero-order valence-electron chi connectivity index (χ0n) is 16.7. The molecule has 0 radical (unpaired) electrons. The molecule has 1 heterocycles. The normalized spacial score (nSPS) is 11.0. The number of halogens is 3. The van der Waals surface area contributed by atoms with Crippen molar-refractivity contribution in [3.63, 3.8) is 0 Å². The molecule has 0 saturated carbocycles. The number of fused-ring (bicyclic) bond motifs is 1. The molecule has 6 nitrogen and oxygen atoms in total. The number of rotatable bonds is 8. The van der Waals surface area contributed by atoms with E-state index in [1.54, 1.807) is 18.2 Å². The highest BCUT2D eigenvalue weighted by atomic mass is 19.2. The van der Waals surface area contributed by atoms with Crippen molar-refractivity contribution < 1.29 is 27.4 Å². The predicted molar refractivity (Wildman–Crippen MR) is 111 cm³/mol. The second-order valence-corrected chi connectivity index (χ2v) is 6.92. The number of aromatic amines is 1. The lowest BCUT2D eigenvalue weighted by Gasteiger charge is -2.09. The largest absolute Gasteiger partial charge is 0.489 e. The number of nitrogens with one attached hydrogen (secondary N) is 2. The summed E-state index contributed by atoms with van der Waals surface area (Å²) >= 11 is 0. The summed E-state index contributed by atoms with van der Waals surface area (Å²) in [4.78, 5) is 12.2. The highest BCUT2D eigenvalue weighted by Crippen LogP contribution is 2.26. The number of carbonyl (C=O) groups excluding carboxylic acids is 1. The molecular weight excluding hydrogens is 423 g/mol. The third-order valence-electron chi connectivity index (χ3n) is 4.66. The van der Waals surface area contributed by atoms with Gasteiger partial charge >= 0.3 is 0 Å². The summed E-state index contributed by atoms with van der Waals surface area (Å²) in [7, 11) is 0. The van der Waals surface area contributed by atoms with Gasteiger partial charge in [-0.05, 0) is 35.9 Å². The Morgan fingerprint density at radius 2 is 1.75 bits per heavy atom. The van der Waals surface area contributed by atoms with Crippen LogP contribution < -0.4 is 10.1 Å². The molecule has 1 amide bonds. The molecule has 4 rings (SSSR count). The van der Waals surface area contributed by atoms with E-state index in [1.807, 2.05) is 30.3 Å². The monoisotopic (exact) mass is 441 g/mol. The van der Waals surface area contributed by atoms with E-state index in [1.165, 1.54) is 0 Å². The Morgan fingerprint density at radius 1 is 0.969 bits per heavy atom. The van der Waals surface area contributed by atoms with Gasteiger partial charge in [0, 0.05) is 5.39 Å². The van der Waals surface area contributed by atoms with Crippen LogP contribution in [-0.2, 0) is 22.7 Å². The Kier molecular flexibility index (Phi) is 6.37. The Bertz CT molecular complexity index is 1250. The fourth-order valence-corrected chi connectivity index (χ4v) is 3.04. The van der Waals surface area contributed by atoms with Gasteiger partial charge in [0.1, 0.15) is 24.8 Å². The van der Waals surface area contributed by atoms with Crippen LogP contribution in [0.4, 0.5) is 19.0 Å². The molecule has 0 bridgehead atoms. The molecule has 0 fully saturated rings. The number of benzene rings is 3. The first-order valence-electron chi connectivity index (χ1n) is 9.66. The highest BCUT2D eigenvalue weighted by molar-refractivity contribution is 6.00. The Hall–Kier alpha value is -3.85. The molecule has 32 heavy (non-hydrogen) atoms. The molecule has 4 aromatic rings. The average molecular weight is 441 g/mol. The molecule has 0 saturated heterocycles. The van der Waals surface area contributed by atoms with Crippen molar-refractivity contribution in [2.24, 2.45) is 0 Å². The van der Waals surface area contributed by atoms with Crippen molar-refractivity contribution in [3.05, 3.63) is 89.2 Å². The first-order valence-corrected chi connectivity index (χ1v) is 9.66. The molecule has 0 aliphatic carbocycles.